The van der Waals surface area contributed by atoms with Crippen molar-refractivity contribution in [2.24, 2.45) is 5.73 Å². The van der Waals surface area contributed by atoms with Crippen molar-refractivity contribution < 1.29 is 4.42 Å². The minimum absolute atomic E-state index is 0.0384. The van der Waals surface area contributed by atoms with Gasteiger partial charge in [0.05, 0.1) is 17.8 Å². The molecule has 18 heavy (non-hydrogen) atoms. The third kappa shape index (κ3) is 2.65. The standard InChI is InChI=1S/C12H14N4OS/c1-7-3-4-10(17-7)8(2)15-12-9(11(13)18)5-6-14-16-12/h3-6,8H,1-2H3,(H2,13,18)(H,15,16). The summed E-state index contributed by atoms with van der Waals surface area (Å²) in [5.74, 6) is 2.26. The molecule has 0 aromatic carbocycles. The number of rotatable bonds is 4. The number of hydrogen-bond acceptors (Lipinski definition) is 5. The number of aryl methyl sites for hydroxylation is 1. The van der Waals surface area contributed by atoms with Crippen LogP contribution in [0.1, 0.15) is 30.0 Å². The number of anilines is 1. The summed E-state index contributed by atoms with van der Waals surface area (Å²) in [6, 6.07) is 5.53. The largest absolute Gasteiger partial charge is 0.464 e. The predicted molar refractivity (Wildman–Crippen MR) is 73.4 cm³/mol. The molecule has 6 heteroatoms. The average Bonchev–Trinajstić information content (AvgIpc) is 2.76. The molecule has 0 fully saturated rings. The monoisotopic (exact) mass is 262 g/mol. The van der Waals surface area contributed by atoms with Gasteiger partial charge in [0, 0.05) is 0 Å². The number of aromatic nitrogens is 2. The van der Waals surface area contributed by atoms with Crippen molar-refractivity contribution >= 4 is 23.0 Å². The van der Waals surface area contributed by atoms with E-state index in [0.29, 0.717) is 11.4 Å². The first-order chi connectivity index (χ1) is 8.58. The Bertz CT molecular complexity index is 567. The number of furan rings is 1. The van der Waals surface area contributed by atoms with Crippen LogP contribution in [0.4, 0.5) is 5.82 Å². The van der Waals surface area contributed by atoms with Gasteiger partial charge < -0.3 is 15.5 Å². The Kier molecular flexibility index (Phi) is 3.57. The maximum Gasteiger partial charge on any atom is 0.159 e. The van der Waals surface area contributed by atoms with E-state index in [1.54, 1.807) is 12.3 Å². The van der Waals surface area contributed by atoms with Crippen molar-refractivity contribution in [3.8, 4) is 0 Å². The molecule has 3 N–H and O–H groups in total. The van der Waals surface area contributed by atoms with E-state index in [-0.39, 0.29) is 11.0 Å². The normalized spacial score (nSPS) is 12.1. The maximum absolute atomic E-state index is 5.63. The lowest BCUT2D eigenvalue weighted by atomic mass is 10.2. The molecule has 94 valence electrons. The van der Waals surface area contributed by atoms with E-state index in [9.17, 15) is 0 Å². The second-order valence-electron chi connectivity index (χ2n) is 3.97. The van der Waals surface area contributed by atoms with Gasteiger partial charge in [-0.25, -0.2) is 0 Å². The summed E-state index contributed by atoms with van der Waals surface area (Å²) in [6.45, 7) is 3.87. The minimum Gasteiger partial charge on any atom is -0.464 e. The highest BCUT2D eigenvalue weighted by Crippen LogP contribution is 2.21. The van der Waals surface area contributed by atoms with E-state index in [4.69, 9.17) is 22.4 Å². The lowest BCUT2D eigenvalue weighted by molar-refractivity contribution is 0.466. The molecule has 1 unspecified atom stereocenters. The van der Waals surface area contributed by atoms with Gasteiger partial charge in [0.25, 0.3) is 0 Å². The minimum atomic E-state index is -0.0384. The molecule has 0 aliphatic rings. The van der Waals surface area contributed by atoms with Gasteiger partial charge in [-0.15, -0.1) is 5.10 Å². The van der Waals surface area contributed by atoms with Crippen LogP contribution >= 0.6 is 12.2 Å². The van der Waals surface area contributed by atoms with E-state index in [2.05, 4.69) is 15.5 Å². The number of nitrogens with zero attached hydrogens (tertiary/aromatic N) is 2. The zero-order chi connectivity index (χ0) is 13.1. The summed E-state index contributed by atoms with van der Waals surface area (Å²) in [7, 11) is 0. The molecule has 2 heterocycles. The summed E-state index contributed by atoms with van der Waals surface area (Å²) in [5.41, 5.74) is 6.31. The summed E-state index contributed by atoms with van der Waals surface area (Å²) >= 11 is 4.97. The van der Waals surface area contributed by atoms with Crippen LogP contribution in [-0.4, -0.2) is 15.2 Å². The molecular formula is C12H14N4OS. The summed E-state index contributed by atoms with van der Waals surface area (Å²) in [5, 5.41) is 11.0. The molecule has 0 amide bonds. The highest BCUT2D eigenvalue weighted by molar-refractivity contribution is 7.80. The van der Waals surface area contributed by atoms with Crippen LogP contribution in [-0.2, 0) is 0 Å². The number of nitrogens with two attached hydrogens (primary N) is 1. The van der Waals surface area contributed by atoms with Gasteiger partial charge in [-0.2, -0.15) is 5.10 Å². The summed E-state index contributed by atoms with van der Waals surface area (Å²) < 4.78 is 5.54. The maximum atomic E-state index is 5.63. The Morgan fingerprint density at radius 1 is 1.44 bits per heavy atom. The zero-order valence-corrected chi connectivity index (χ0v) is 11.0. The van der Waals surface area contributed by atoms with Crippen LogP contribution in [0.15, 0.2) is 28.8 Å². The lowest BCUT2D eigenvalue weighted by Gasteiger charge is -2.14. The average molecular weight is 262 g/mol. The van der Waals surface area contributed by atoms with Gasteiger partial charge in [0.1, 0.15) is 16.5 Å². The molecule has 0 bridgehead atoms. The highest BCUT2D eigenvalue weighted by Gasteiger charge is 2.13. The van der Waals surface area contributed by atoms with Gasteiger partial charge in [0.15, 0.2) is 5.82 Å². The number of nitrogens with one attached hydrogen (secondary N) is 1. The van der Waals surface area contributed by atoms with Crippen LogP contribution in [0.5, 0.6) is 0 Å². The molecule has 2 aromatic heterocycles. The van der Waals surface area contributed by atoms with Gasteiger partial charge in [-0.1, -0.05) is 12.2 Å². The molecule has 2 rings (SSSR count). The fourth-order valence-corrected chi connectivity index (χ4v) is 1.76. The van der Waals surface area contributed by atoms with E-state index in [1.807, 2.05) is 26.0 Å². The van der Waals surface area contributed by atoms with Gasteiger partial charge in [-0.05, 0) is 32.0 Å². The zero-order valence-electron chi connectivity index (χ0n) is 10.2. The topological polar surface area (TPSA) is 77.0 Å². The Labute approximate surface area is 110 Å². The summed E-state index contributed by atoms with van der Waals surface area (Å²) in [6.07, 6.45) is 1.56. The van der Waals surface area contributed by atoms with E-state index in [0.717, 1.165) is 11.5 Å². The van der Waals surface area contributed by atoms with Crippen molar-refractivity contribution in [1.29, 1.82) is 0 Å². The molecular weight excluding hydrogens is 248 g/mol. The fraction of sp³-hybridized carbons (Fsp3) is 0.250. The second kappa shape index (κ2) is 5.14. The summed E-state index contributed by atoms with van der Waals surface area (Å²) in [4.78, 5) is 0.287. The van der Waals surface area contributed by atoms with Crippen molar-refractivity contribution in [2.45, 2.75) is 19.9 Å². The number of thiocarbonyl (C=S) groups is 1. The molecule has 5 nitrogen and oxygen atoms in total. The molecule has 0 aliphatic heterocycles. The van der Waals surface area contributed by atoms with Crippen molar-refractivity contribution in [2.75, 3.05) is 5.32 Å². The van der Waals surface area contributed by atoms with Crippen molar-refractivity contribution in [3.05, 3.63) is 41.5 Å². The van der Waals surface area contributed by atoms with E-state index < -0.39 is 0 Å². The van der Waals surface area contributed by atoms with Crippen LogP contribution in [0.25, 0.3) is 0 Å². The molecule has 0 aliphatic carbocycles. The SMILES string of the molecule is Cc1ccc(C(C)Nc2nnccc2C(N)=S)o1. The first-order valence-electron chi connectivity index (χ1n) is 5.52. The van der Waals surface area contributed by atoms with Gasteiger partial charge in [0.2, 0.25) is 0 Å². The fourth-order valence-electron chi connectivity index (χ4n) is 1.60. The van der Waals surface area contributed by atoms with E-state index in [1.165, 1.54) is 0 Å². The highest BCUT2D eigenvalue weighted by atomic mass is 32.1. The third-order valence-corrected chi connectivity index (χ3v) is 2.75. The van der Waals surface area contributed by atoms with Crippen molar-refractivity contribution in [3.63, 3.8) is 0 Å². The quantitative estimate of drug-likeness (QED) is 0.822. The predicted octanol–water partition coefficient (Wildman–Crippen LogP) is 2.19. The van der Waals surface area contributed by atoms with Gasteiger partial charge >= 0.3 is 0 Å². The van der Waals surface area contributed by atoms with Gasteiger partial charge in [-0.3, -0.25) is 0 Å². The molecule has 0 spiro atoms. The van der Waals surface area contributed by atoms with Crippen LogP contribution in [0, 0.1) is 6.92 Å². The molecule has 0 saturated heterocycles. The Balaban J connectivity index is 2.21. The van der Waals surface area contributed by atoms with Crippen LogP contribution < -0.4 is 11.1 Å². The Morgan fingerprint density at radius 3 is 2.83 bits per heavy atom. The smallest absolute Gasteiger partial charge is 0.159 e. The molecule has 0 radical (unpaired) electrons. The van der Waals surface area contributed by atoms with Crippen LogP contribution in [0.3, 0.4) is 0 Å². The van der Waals surface area contributed by atoms with Crippen molar-refractivity contribution in [1.82, 2.24) is 10.2 Å². The first kappa shape index (κ1) is 12.5. The molecule has 2 aromatic rings. The Morgan fingerprint density at radius 2 is 2.22 bits per heavy atom. The van der Waals surface area contributed by atoms with E-state index >= 15 is 0 Å². The van der Waals surface area contributed by atoms with Crippen LogP contribution in [0.2, 0.25) is 0 Å². The molecule has 0 saturated carbocycles. The second-order valence-corrected chi connectivity index (χ2v) is 4.41. The number of hydrogen-bond donors (Lipinski definition) is 2. The third-order valence-electron chi connectivity index (χ3n) is 2.53. The Hall–Kier alpha value is -1.95. The first-order valence-corrected chi connectivity index (χ1v) is 5.93. The molecule has 1 atom stereocenters. The lowest BCUT2D eigenvalue weighted by Crippen LogP contribution is -2.16.